The largest absolute Gasteiger partial charge is 0.353 e. The number of hydrazone groups is 1. The predicted molar refractivity (Wildman–Crippen MR) is 91.7 cm³/mol. The molecule has 0 radical (unpaired) electrons. The van der Waals surface area contributed by atoms with Gasteiger partial charge in [0.1, 0.15) is 5.65 Å². The van der Waals surface area contributed by atoms with Crippen molar-refractivity contribution in [2.45, 2.75) is 0 Å². The molecule has 1 aromatic carbocycles. The van der Waals surface area contributed by atoms with E-state index in [1.54, 1.807) is 6.21 Å². The average Bonchev–Trinajstić information content (AvgIpc) is 3.24. The summed E-state index contributed by atoms with van der Waals surface area (Å²) in [4.78, 5) is 8.86. The van der Waals surface area contributed by atoms with Crippen molar-refractivity contribution in [2.75, 3.05) is 13.1 Å². The van der Waals surface area contributed by atoms with Crippen LogP contribution >= 0.6 is 0 Å². The molecule has 4 rings (SSSR count). The number of aliphatic imine (C=N–C) groups is 1. The lowest BCUT2D eigenvalue weighted by Crippen LogP contribution is -2.30. The van der Waals surface area contributed by atoms with Crippen molar-refractivity contribution in [1.82, 2.24) is 20.1 Å². The van der Waals surface area contributed by atoms with Gasteiger partial charge in [-0.05, 0) is 12.1 Å². The highest BCUT2D eigenvalue weighted by atomic mass is 15.4. The number of hydrogen-bond donors (Lipinski definition) is 2. The molecule has 0 saturated carbocycles. The molecule has 0 atom stereocenters. The standard InChI is InChI=1S/C17H16N6/c1-2-4-14(5-3-1)15-12-23-11-13(6-7-16(23)21-15)10-20-22-17-18-8-9-19-17/h1-7,10-12H,8-9H2,(H2,18,19,22)/b20-10+. The van der Waals surface area contributed by atoms with Crippen molar-refractivity contribution in [3.8, 4) is 11.3 Å². The molecule has 23 heavy (non-hydrogen) atoms. The van der Waals surface area contributed by atoms with Crippen molar-refractivity contribution < 1.29 is 0 Å². The van der Waals surface area contributed by atoms with Crippen molar-refractivity contribution >= 4 is 17.8 Å². The van der Waals surface area contributed by atoms with E-state index in [2.05, 4.69) is 38.0 Å². The minimum atomic E-state index is 0.719. The molecule has 0 unspecified atom stereocenters. The van der Waals surface area contributed by atoms with Crippen LogP contribution in [0.2, 0.25) is 0 Å². The van der Waals surface area contributed by atoms with Crippen molar-refractivity contribution in [3.63, 3.8) is 0 Å². The van der Waals surface area contributed by atoms with E-state index in [0.29, 0.717) is 0 Å². The SMILES string of the molecule is C(=N\NC1=NCCN1)/c1ccc2nc(-c3ccccc3)cn2c1. The molecule has 0 spiro atoms. The van der Waals surface area contributed by atoms with Gasteiger partial charge in [0.15, 0.2) is 0 Å². The Balaban J connectivity index is 1.57. The van der Waals surface area contributed by atoms with E-state index in [1.165, 1.54) is 0 Å². The molecule has 0 saturated heterocycles. The van der Waals surface area contributed by atoms with Crippen LogP contribution in [0.3, 0.4) is 0 Å². The summed E-state index contributed by atoms with van der Waals surface area (Å²) in [5.74, 6) is 0.719. The number of rotatable bonds is 3. The monoisotopic (exact) mass is 304 g/mol. The van der Waals surface area contributed by atoms with Crippen LogP contribution in [0.15, 0.2) is 65.0 Å². The molecule has 1 aliphatic heterocycles. The molecule has 0 aliphatic carbocycles. The minimum Gasteiger partial charge on any atom is -0.353 e. The Morgan fingerprint density at radius 3 is 2.87 bits per heavy atom. The molecular weight excluding hydrogens is 288 g/mol. The molecule has 6 nitrogen and oxygen atoms in total. The minimum absolute atomic E-state index is 0.719. The molecule has 2 N–H and O–H groups in total. The quantitative estimate of drug-likeness (QED) is 0.573. The summed E-state index contributed by atoms with van der Waals surface area (Å²) in [6.07, 6.45) is 5.80. The maximum atomic E-state index is 4.64. The summed E-state index contributed by atoms with van der Waals surface area (Å²) in [5.41, 5.74) is 6.86. The Hall–Kier alpha value is -3.15. The average molecular weight is 304 g/mol. The number of nitrogens with zero attached hydrogens (tertiary/aromatic N) is 4. The van der Waals surface area contributed by atoms with E-state index in [1.807, 2.05) is 47.1 Å². The third kappa shape index (κ3) is 2.91. The van der Waals surface area contributed by atoms with Gasteiger partial charge in [0.05, 0.1) is 18.5 Å². The Morgan fingerprint density at radius 2 is 2.04 bits per heavy atom. The summed E-state index contributed by atoms with van der Waals surface area (Å²) in [6, 6.07) is 14.1. The third-order valence-electron chi connectivity index (χ3n) is 3.60. The number of hydrogen-bond acceptors (Lipinski definition) is 5. The molecule has 0 fully saturated rings. The van der Waals surface area contributed by atoms with E-state index in [-0.39, 0.29) is 0 Å². The second kappa shape index (κ2) is 5.92. The van der Waals surface area contributed by atoms with Crippen LogP contribution in [-0.2, 0) is 0 Å². The highest BCUT2D eigenvalue weighted by Crippen LogP contribution is 2.18. The van der Waals surface area contributed by atoms with Crippen LogP contribution in [0.1, 0.15) is 5.56 Å². The Kier molecular flexibility index (Phi) is 3.48. The van der Waals surface area contributed by atoms with Crippen LogP contribution in [-0.4, -0.2) is 34.6 Å². The Morgan fingerprint density at radius 1 is 1.13 bits per heavy atom. The first kappa shape index (κ1) is 13.5. The lowest BCUT2D eigenvalue weighted by molar-refractivity contribution is 0.919. The summed E-state index contributed by atoms with van der Waals surface area (Å²) < 4.78 is 2.01. The summed E-state index contributed by atoms with van der Waals surface area (Å²) in [5, 5.41) is 7.30. The van der Waals surface area contributed by atoms with Gasteiger partial charge in [-0.2, -0.15) is 5.10 Å². The van der Waals surface area contributed by atoms with Crippen LogP contribution < -0.4 is 10.7 Å². The maximum Gasteiger partial charge on any atom is 0.212 e. The topological polar surface area (TPSA) is 66.1 Å². The number of aromatic nitrogens is 2. The van der Waals surface area contributed by atoms with E-state index < -0.39 is 0 Å². The zero-order chi connectivity index (χ0) is 15.5. The van der Waals surface area contributed by atoms with Crippen molar-refractivity contribution in [2.24, 2.45) is 10.1 Å². The predicted octanol–water partition coefficient (Wildman–Crippen LogP) is 1.88. The summed E-state index contributed by atoms with van der Waals surface area (Å²) in [7, 11) is 0. The normalized spacial score (nSPS) is 14.2. The lowest BCUT2D eigenvalue weighted by Gasteiger charge is -1.99. The number of guanidine groups is 1. The molecular formula is C17H16N6. The second-order valence-electron chi connectivity index (χ2n) is 5.25. The first-order chi connectivity index (χ1) is 11.4. The molecule has 6 heteroatoms. The van der Waals surface area contributed by atoms with Crippen LogP contribution in [0, 0.1) is 0 Å². The third-order valence-corrected chi connectivity index (χ3v) is 3.60. The fraction of sp³-hybridized carbons (Fsp3) is 0.118. The molecule has 3 heterocycles. The molecule has 114 valence electrons. The van der Waals surface area contributed by atoms with Gasteiger partial charge >= 0.3 is 0 Å². The first-order valence-corrected chi connectivity index (χ1v) is 7.50. The highest BCUT2D eigenvalue weighted by molar-refractivity contribution is 5.84. The zero-order valence-electron chi connectivity index (χ0n) is 12.5. The van der Waals surface area contributed by atoms with Gasteiger partial charge in [-0.1, -0.05) is 30.3 Å². The number of fused-ring (bicyclic) bond motifs is 1. The van der Waals surface area contributed by atoms with E-state index in [4.69, 9.17) is 0 Å². The number of imidazole rings is 1. The zero-order valence-corrected chi connectivity index (χ0v) is 12.5. The van der Waals surface area contributed by atoms with Crippen molar-refractivity contribution in [1.29, 1.82) is 0 Å². The van der Waals surface area contributed by atoms with Gasteiger partial charge in [-0.15, -0.1) is 0 Å². The molecule has 3 aromatic rings. The number of pyridine rings is 1. The van der Waals surface area contributed by atoms with E-state index in [0.717, 1.165) is 41.5 Å². The molecule has 1 aliphatic rings. The molecule has 2 aromatic heterocycles. The Labute approximate surface area is 133 Å². The van der Waals surface area contributed by atoms with Crippen LogP contribution in [0.25, 0.3) is 16.9 Å². The van der Waals surface area contributed by atoms with Crippen LogP contribution in [0.4, 0.5) is 0 Å². The van der Waals surface area contributed by atoms with E-state index >= 15 is 0 Å². The van der Waals surface area contributed by atoms with Gasteiger partial charge in [-0.3, -0.25) is 0 Å². The summed E-state index contributed by atoms with van der Waals surface area (Å²) >= 11 is 0. The van der Waals surface area contributed by atoms with Crippen molar-refractivity contribution in [3.05, 3.63) is 60.4 Å². The fourth-order valence-corrected chi connectivity index (χ4v) is 2.47. The maximum absolute atomic E-state index is 4.64. The van der Waals surface area contributed by atoms with Gasteiger partial charge in [0, 0.05) is 30.1 Å². The Bertz CT molecular complexity index is 878. The fourth-order valence-electron chi connectivity index (χ4n) is 2.47. The molecule has 0 bridgehead atoms. The number of nitrogens with one attached hydrogen (secondary N) is 2. The van der Waals surface area contributed by atoms with Crippen LogP contribution in [0.5, 0.6) is 0 Å². The summed E-state index contributed by atoms with van der Waals surface area (Å²) in [6.45, 7) is 1.65. The highest BCUT2D eigenvalue weighted by Gasteiger charge is 2.04. The van der Waals surface area contributed by atoms with Gasteiger partial charge in [0.25, 0.3) is 0 Å². The second-order valence-corrected chi connectivity index (χ2v) is 5.25. The number of benzene rings is 1. The molecule has 0 amide bonds. The van der Waals surface area contributed by atoms with E-state index in [9.17, 15) is 0 Å². The smallest absolute Gasteiger partial charge is 0.212 e. The van der Waals surface area contributed by atoms with Gasteiger partial charge in [-0.25, -0.2) is 15.4 Å². The van der Waals surface area contributed by atoms with Gasteiger partial charge in [0.2, 0.25) is 5.96 Å². The first-order valence-electron chi connectivity index (χ1n) is 7.50. The van der Waals surface area contributed by atoms with Gasteiger partial charge < -0.3 is 9.72 Å². The lowest BCUT2D eigenvalue weighted by atomic mass is 10.2.